The molecule has 1 N–H and O–H groups in total. The van der Waals surface area contributed by atoms with Crippen LogP contribution >= 0.6 is 23.1 Å². The SMILES string of the molecule is C[C@@H]1CN(c2ccc(C(=O)NCc3ccccc3)s2)c2ccccc2S1. The molecular formula is C21H20N2OS2. The minimum absolute atomic E-state index is 0.0159. The standard InChI is InChI=1S/C21H20N2OS2/c1-15-14-23(17-9-5-6-10-18(17)25-15)20-12-11-19(26-20)21(24)22-13-16-7-3-2-4-8-16/h2-12,15H,13-14H2,1H3,(H,22,24)/t15-/m1/s1. The largest absolute Gasteiger partial charge is 0.347 e. The Bertz CT molecular complexity index is 907. The van der Waals surface area contributed by atoms with E-state index in [0.29, 0.717) is 11.8 Å². The van der Waals surface area contributed by atoms with E-state index in [1.54, 1.807) is 11.3 Å². The number of benzene rings is 2. The summed E-state index contributed by atoms with van der Waals surface area (Å²) in [5, 5.41) is 4.64. The second-order valence-corrected chi connectivity index (χ2v) is 8.86. The fourth-order valence-corrected chi connectivity index (χ4v) is 5.12. The second kappa shape index (κ2) is 7.56. The molecule has 4 rings (SSSR count). The van der Waals surface area contributed by atoms with Crippen LogP contribution < -0.4 is 10.2 Å². The Morgan fingerprint density at radius 1 is 1.08 bits per heavy atom. The van der Waals surface area contributed by atoms with E-state index in [-0.39, 0.29) is 5.91 Å². The van der Waals surface area contributed by atoms with Crippen molar-refractivity contribution in [3.8, 4) is 0 Å². The molecule has 0 unspecified atom stereocenters. The van der Waals surface area contributed by atoms with Crippen molar-refractivity contribution in [2.75, 3.05) is 11.4 Å². The first-order valence-corrected chi connectivity index (χ1v) is 10.4. The maximum atomic E-state index is 12.5. The number of hydrogen-bond acceptors (Lipinski definition) is 4. The van der Waals surface area contributed by atoms with Crippen LogP contribution in [0.4, 0.5) is 10.7 Å². The van der Waals surface area contributed by atoms with Gasteiger partial charge in [-0.25, -0.2) is 0 Å². The third-order valence-electron chi connectivity index (χ3n) is 4.30. The van der Waals surface area contributed by atoms with Crippen LogP contribution in [0.5, 0.6) is 0 Å². The molecule has 5 heteroatoms. The molecule has 0 fully saturated rings. The summed E-state index contributed by atoms with van der Waals surface area (Å²) in [5.74, 6) is -0.0159. The maximum Gasteiger partial charge on any atom is 0.261 e. The maximum absolute atomic E-state index is 12.5. The topological polar surface area (TPSA) is 32.3 Å². The number of thioether (sulfide) groups is 1. The number of anilines is 2. The number of fused-ring (bicyclic) bond motifs is 1. The smallest absolute Gasteiger partial charge is 0.261 e. The number of rotatable bonds is 4. The van der Waals surface area contributed by atoms with Gasteiger partial charge in [-0.05, 0) is 29.8 Å². The summed E-state index contributed by atoms with van der Waals surface area (Å²) in [5.41, 5.74) is 2.34. The molecule has 0 radical (unpaired) electrons. The Labute approximate surface area is 162 Å². The number of hydrogen-bond donors (Lipinski definition) is 1. The van der Waals surface area contributed by atoms with E-state index in [1.165, 1.54) is 10.6 Å². The molecule has 0 bridgehead atoms. The van der Waals surface area contributed by atoms with Gasteiger partial charge in [-0.1, -0.05) is 49.4 Å². The van der Waals surface area contributed by atoms with Gasteiger partial charge in [0.2, 0.25) is 0 Å². The molecule has 26 heavy (non-hydrogen) atoms. The molecule has 1 atom stereocenters. The molecule has 0 spiro atoms. The number of nitrogens with zero attached hydrogens (tertiary/aromatic N) is 1. The van der Waals surface area contributed by atoms with Crippen molar-refractivity contribution in [2.45, 2.75) is 23.6 Å². The molecule has 2 heterocycles. The van der Waals surface area contributed by atoms with E-state index < -0.39 is 0 Å². The summed E-state index contributed by atoms with van der Waals surface area (Å²) in [4.78, 5) is 16.9. The Morgan fingerprint density at radius 2 is 1.85 bits per heavy atom. The van der Waals surface area contributed by atoms with Crippen LogP contribution in [0.1, 0.15) is 22.2 Å². The van der Waals surface area contributed by atoms with Gasteiger partial charge in [-0.15, -0.1) is 23.1 Å². The first-order valence-electron chi connectivity index (χ1n) is 8.66. The second-order valence-electron chi connectivity index (χ2n) is 6.31. The zero-order valence-electron chi connectivity index (χ0n) is 14.5. The Hall–Kier alpha value is -2.24. The Balaban J connectivity index is 1.50. The van der Waals surface area contributed by atoms with Crippen LogP contribution in [-0.2, 0) is 6.54 Å². The highest BCUT2D eigenvalue weighted by Crippen LogP contribution is 2.43. The third-order valence-corrected chi connectivity index (χ3v) is 6.56. The molecule has 1 aliphatic heterocycles. The molecule has 0 saturated carbocycles. The number of carbonyl (C=O) groups is 1. The summed E-state index contributed by atoms with van der Waals surface area (Å²) < 4.78 is 0. The van der Waals surface area contributed by atoms with E-state index in [4.69, 9.17) is 0 Å². The predicted molar refractivity (Wildman–Crippen MR) is 111 cm³/mol. The molecule has 2 aromatic carbocycles. The third kappa shape index (κ3) is 3.64. The van der Waals surface area contributed by atoms with Crippen molar-refractivity contribution < 1.29 is 4.79 Å². The highest BCUT2D eigenvalue weighted by molar-refractivity contribution is 8.00. The molecule has 1 aliphatic rings. The monoisotopic (exact) mass is 380 g/mol. The normalized spacial score (nSPS) is 16.2. The molecule has 1 amide bonds. The molecular weight excluding hydrogens is 360 g/mol. The van der Waals surface area contributed by atoms with E-state index >= 15 is 0 Å². The van der Waals surface area contributed by atoms with Gasteiger partial charge in [0, 0.05) is 23.2 Å². The molecule has 3 nitrogen and oxygen atoms in total. The van der Waals surface area contributed by atoms with Gasteiger partial charge in [0.1, 0.15) is 0 Å². The summed E-state index contributed by atoms with van der Waals surface area (Å²) in [7, 11) is 0. The lowest BCUT2D eigenvalue weighted by Crippen LogP contribution is -2.28. The summed E-state index contributed by atoms with van der Waals surface area (Å²) >= 11 is 3.47. The molecule has 0 aliphatic carbocycles. The number of nitrogens with one attached hydrogen (secondary N) is 1. The summed E-state index contributed by atoms with van der Waals surface area (Å²) in [6, 6.07) is 22.4. The minimum atomic E-state index is -0.0159. The van der Waals surface area contributed by atoms with Crippen LogP contribution in [0.25, 0.3) is 0 Å². The van der Waals surface area contributed by atoms with E-state index in [2.05, 4.69) is 47.5 Å². The predicted octanol–water partition coefficient (Wildman–Crippen LogP) is 5.31. The van der Waals surface area contributed by atoms with Crippen LogP contribution in [0.15, 0.2) is 71.6 Å². The van der Waals surface area contributed by atoms with Crippen molar-refractivity contribution in [2.24, 2.45) is 0 Å². The van der Waals surface area contributed by atoms with Crippen molar-refractivity contribution in [1.29, 1.82) is 0 Å². The lowest BCUT2D eigenvalue weighted by atomic mass is 10.2. The van der Waals surface area contributed by atoms with Gasteiger partial charge < -0.3 is 10.2 Å². The lowest BCUT2D eigenvalue weighted by Gasteiger charge is -2.33. The van der Waals surface area contributed by atoms with Crippen molar-refractivity contribution in [1.82, 2.24) is 5.32 Å². The average Bonchev–Trinajstić information content (AvgIpc) is 3.16. The molecule has 132 valence electrons. The van der Waals surface area contributed by atoms with Gasteiger partial charge in [-0.2, -0.15) is 0 Å². The minimum Gasteiger partial charge on any atom is -0.347 e. The van der Waals surface area contributed by atoms with Gasteiger partial charge in [-0.3, -0.25) is 4.79 Å². The number of carbonyl (C=O) groups excluding carboxylic acids is 1. The lowest BCUT2D eigenvalue weighted by molar-refractivity contribution is 0.0955. The zero-order chi connectivity index (χ0) is 17.9. The quantitative estimate of drug-likeness (QED) is 0.666. The Morgan fingerprint density at radius 3 is 2.69 bits per heavy atom. The van der Waals surface area contributed by atoms with Gasteiger partial charge >= 0.3 is 0 Å². The number of amides is 1. The van der Waals surface area contributed by atoms with Crippen LogP contribution in [0, 0.1) is 0 Å². The zero-order valence-corrected chi connectivity index (χ0v) is 16.1. The van der Waals surface area contributed by atoms with E-state index in [0.717, 1.165) is 22.0 Å². The van der Waals surface area contributed by atoms with Crippen molar-refractivity contribution >= 4 is 39.7 Å². The van der Waals surface area contributed by atoms with E-state index in [9.17, 15) is 4.79 Å². The number of thiophene rings is 1. The van der Waals surface area contributed by atoms with Crippen LogP contribution in [-0.4, -0.2) is 17.7 Å². The van der Waals surface area contributed by atoms with E-state index in [1.807, 2.05) is 48.2 Å². The van der Waals surface area contributed by atoms with Gasteiger partial charge in [0.15, 0.2) is 0 Å². The first-order chi connectivity index (χ1) is 12.7. The Kier molecular flexibility index (Phi) is 5.00. The van der Waals surface area contributed by atoms with Crippen molar-refractivity contribution in [3.63, 3.8) is 0 Å². The van der Waals surface area contributed by atoms with Gasteiger partial charge in [0.25, 0.3) is 5.91 Å². The van der Waals surface area contributed by atoms with Crippen molar-refractivity contribution in [3.05, 3.63) is 77.2 Å². The first kappa shape index (κ1) is 17.2. The fourth-order valence-electron chi connectivity index (χ4n) is 3.06. The van der Waals surface area contributed by atoms with Gasteiger partial charge in [0.05, 0.1) is 15.6 Å². The molecule has 3 aromatic rings. The summed E-state index contributed by atoms with van der Waals surface area (Å²) in [6.45, 7) is 3.75. The molecule has 0 saturated heterocycles. The highest BCUT2D eigenvalue weighted by Gasteiger charge is 2.24. The highest BCUT2D eigenvalue weighted by atomic mass is 32.2. The fraction of sp³-hybridized carbons (Fsp3) is 0.190. The summed E-state index contributed by atoms with van der Waals surface area (Å²) in [6.07, 6.45) is 0. The van der Waals surface area contributed by atoms with Crippen LogP contribution in [0.2, 0.25) is 0 Å². The average molecular weight is 381 g/mol. The van der Waals surface area contributed by atoms with Crippen LogP contribution in [0.3, 0.4) is 0 Å². The number of para-hydroxylation sites is 1. The molecule has 1 aromatic heterocycles.